The number of nitrogens with two attached hydrogens (primary N) is 1. The zero-order valence-electron chi connectivity index (χ0n) is 12.3. The highest BCUT2D eigenvalue weighted by molar-refractivity contribution is 7.89. The predicted octanol–water partition coefficient (Wildman–Crippen LogP) is 0.940. The minimum absolute atomic E-state index is 0.112. The van der Waals surface area contributed by atoms with Gasteiger partial charge in [0, 0.05) is 12.1 Å². The first-order valence-electron chi connectivity index (χ1n) is 7.04. The first kappa shape index (κ1) is 15.8. The second-order valence-electron chi connectivity index (χ2n) is 5.54. The van der Waals surface area contributed by atoms with E-state index in [9.17, 15) is 8.42 Å². The molecule has 7 heteroatoms. The van der Waals surface area contributed by atoms with Crippen LogP contribution in [0.3, 0.4) is 0 Å². The summed E-state index contributed by atoms with van der Waals surface area (Å²) in [5.41, 5.74) is 6.63. The summed E-state index contributed by atoms with van der Waals surface area (Å²) in [6.45, 7) is 4.38. The molecule has 21 heavy (non-hydrogen) atoms. The third kappa shape index (κ3) is 5.02. The third-order valence-corrected chi connectivity index (χ3v) is 4.54. The van der Waals surface area contributed by atoms with Crippen LogP contribution in [0, 0.1) is 0 Å². The van der Waals surface area contributed by atoms with Crippen LogP contribution in [0.4, 0.5) is 0 Å². The molecule has 4 N–H and O–H groups in total. The molecule has 1 aromatic carbocycles. The van der Waals surface area contributed by atoms with E-state index in [1.54, 1.807) is 24.3 Å². The molecule has 116 valence electrons. The van der Waals surface area contributed by atoms with Crippen LogP contribution >= 0.6 is 0 Å². The van der Waals surface area contributed by atoms with Crippen molar-refractivity contribution in [1.82, 2.24) is 10.0 Å². The van der Waals surface area contributed by atoms with Gasteiger partial charge in [-0.1, -0.05) is 12.1 Å². The van der Waals surface area contributed by atoms with Crippen LogP contribution in [0.1, 0.15) is 32.3 Å². The molecule has 1 aliphatic rings. The maximum absolute atomic E-state index is 12.0. The number of hydrogen-bond acceptors (Lipinski definition) is 3. The van der Waals surface area contributed by atoms with Crippen LogP contribution in [0.15, 0.2) is 34.2 Å². The molecule has 1 aliphatic carbocycles. The molecule has 0 aliphatic heterocycles. The maximum Gasteiger partial charge on any atom is 0.240 e. The summed E-state index contributed by atoms with van der Waals surface area (Å²) in [4.78, 5) is 4.49. The molecule has 0 heterocycles. The number of benzene rings is 1. The normalized spacial score (nSPS) is 16.2. The highest BCUT2D eigenvalue weighted by atomic mass is 32.2. The summed E-state index contributed by atoms with van der Waals surface area (Å²) >= 11 is 0. The highest BCUT2D eigenvalue weighted by Gasteiger charge is 2.27. The Morgan fingerprint density at radius 3 is 2.48 bits per heavy atom. The van der Waals surface area contributed by atoms with E-state index in [-0.39, 0.29) is 17.0 Å². The SMILES string of the molecule is CC(C)NC(N)=NCc1ccc(S(=O)(=O)NC2CC2)cc1. The van der Waals surface area contributed by atoms with Gasteiger partial charge in [0.25, 0.3) is 0 Å². The van der Waals surface area contributed by atoms with E-state index in [2.05, 4.69) is 15.0 Å². The zero-order valence-corrected chi connectivity index (χ0v) is 13.2. The van der Waals surface area contributed by atoms with Crippen molar-refractivity contribution < 1.29 is 8.42 Å². The fourth-order valence-electron chi connectivity index (χ4n) is 1.78. The van der Waals surface area contributed by atoms with Crippen LogP contribution in [0.25, 0.3) is 0 Å². The first-order chi connectivity index (χ1) is 9.87. The average Bonchev–Trinajstić information content (AvgIpc) is 3.19. The minimum atomic E-state index is -3.38. The molecule has 2 rings (SSSR count). The van der Waals surface area contributed by atoms with Crippen molar-refractivity contribution in [2.75, 3.05) is 0 Å². The Balaban J connectivity index is 1.98. The number of nitrogens with one attached hydrogen (secondary N) is 2. The molecule has 6 nitrogen and oxygen atoms in total. The van der Waals surface area contributed by atoms with Crippen molar-refractivity contribution in [1.29, 1.82) is 0 Å². The molecule has 1 saturated carbocycles. The fraction of sp³-hybridized carbons (Fsp3) is 0.500. The van der Waals surface area contributed by atoms with Gasteiger partial charge in [0.1, 0.15) is 0 Å². The molecule has 0 spiro atoms. The summed E-state index contributed by atoms with van der Waals surface area (Å²) in [6.07, 6.45) is 1.85. The van der Waals surface area contributed by atoms with Gasteiger partial charge in [-0.2, -0.15) is 0 Å². The lowest BCUT2D eigenvalue weighted by Crippen LogP contribution is -2.36. The molecule has 1 aromatic rings. The van der Waals surface area contributed by atoms with Gasteiger partial charge in [-0.25, -0.2) is 18.1 Å². The lowest BCUT2D eigenvalue weighted by molar-refractivity contribution is 0.581. The molecular weight excluding hydrogens is 288 g/mol. The Bertz CT molecular complexity index is 604. The second-order valence-corrected chi connectivity index (χ2v) is 7.25. The topological polar surface area (TPSA) is 96.6 Å². The molecule has 0 bridgehead atoms. The fourth-order valence-corrected chi connectivity index (χ4v) is 3.09. The zero-order chi connectivity index (χ0) is 15.5. The van der Waals surface area contributed by atoms with E-state index in [0.717, 1.165) is 18.4 Å². The van der Waals surface area contributed by atoms with Gasteiger partial charge < -0.3 is 11.1 Å². The van der Waals surface area contributed by atoms with E-state index >= 15 is 0 Å². The van der Waals surface area contributed by atoms with E-state index in [1.807, 2.05) is 13.8 Å². The summed E-state index contributed by atoms with van der Waals surface area (Å²) in [5.74, 6) is 0.386. The van der Waals surface area contributed by atoms with Crippen LogP contribution in [-0.4, -0.2) is 26.5 Å². The van der Waals surface area contributed by atoms with Crippen LogP contribution in [0.2, 0.25) is 0 Å². The Labute approximate surface area is 125 Å². The number of rotatable bonds is 6. The second kappa shape index (κ2) is 6.44. The van der Waals surface area contributed by atoms with Crippen molar-refractivity contribution in [3.05, 3.63) is 29.8 Å². The van der Waals surface area contributed by atoms with Gasteiger partial charge in [-0.15, -0.1) is 0 Å². The standard InChI is InChI=1S/C14H22N4O2S/c1-10(2)17-14(15)16-9-11-3-7-13(8-4-11)21(19,20)18-12-5-6-12/h3-4,7-8,10,12,18H,5-6,9H2,1-2H3,(H3,15,16,17). The Hall–Kier alpha value is -1.60. The van der Waals surface area contributed by atoms with Gasteiger partial charge >= 0.3 is 0 Å². The number of aliphatic imine (C=N–C) groups is 1. The molecule has 1 fully saturated rings. The van der Waals surface area contributed by atoms with Gasteiger partial charge in [0.2, 0.25) is 10.0 Å². The summed E-state index contributed by atoms with van der Waals surface area (Å²) in [6, 6.07) is 7.06. The van der Waals surface area contributed by atoms with E-state index in [1.165, 1.54) is 0 Å². The Kier molecular flexibility index (Phi) is 4.84. The van der Waals surface area contributed by atoms with Crippen molar-refractivity contribution in [3.63, 3.8) is 0 Å². The van der Waals surface area contributed by atoms with Crippen molar-refractivity contribution >= 4 is 16.0 Å². The van der Waals surface area contributed by atoms with Crippen molar-refractivity contribution in [2.24, 2.45) is 10.7 Å². The number of hydrogen-bond donors (Lipinski definition) is 3. The van der Waals surface area contributed by atoms with Crippen LogP contribution in [-0.2, 0) is 16.6 Å². The number of sulfonamides is 1. The molecular formula is C14H22N4O2S. The van der Waals surface area contributed by atoms with Gasteiger partial charge in [0.15, 0.2) is 5.96 Å². The van der Waals surface area contributed by atoms with Crippen LogP contribution < -0.4 is 15.8 Å². The van der Waals surface area contributed by atoms with Crippen LogP contribution in [0.5, 0.6) is 0 Å². The van der Waals surface area contributed by atoms with Gasteiger partial charge in [-0.05, 0) is 44.4 Å². The Morgan fingerprint density at radius 1 is 1.33 bits per heavy atom. The minimum Gasteiger partial charge on any atom is -0.370 e. The average molecular weight is 310 g/mol. The van der Waals surface area contributed by atoms with E-state index < -0.39 is 10.0 Å². The summed E-state index contributed by atoms with van der Waals surface area (Å²) < 4.78 is 26.7. The molecule has 0 atom stereocenters. The first-order valence-corrected chi connectivity index (χ1v) is 8.53. The van der Waals surface area contributed by atoms with E-state index in [4.69, 9.17) is 5.73 Å². The predicted molar refractivity (Wildman–Crippen MR) is 83.4 cm³/mol. The number of nitrogens with zero attached hydrogens (tertiary/aromatic N) is 1. The molecule has 0 aromatic heterocycles. The number of guanidine groups is 1. The highest BCUT2D eigenvalue weighted by Crippen LogP contribution is 2.22. The lowest BCUT2D eigenvalue weighted by Gasteiger charge is -2.09. The lowest BCUT2D eigenvalue weighted by atomic mass is 10.2. The molecule has 0 unspecified atom stereocenters. The van der Waals surface area contributed by atoms with Crippen molar-refractivity contribution in [3.8, 4) is 0 Å². The monoisotopic (exact) mass is 310 g/mol. The smallest absolute Gasteiger partial charge is 0.240 e. The largest absolute Gasteiger partial charge is 0.370 e. The Morgan fingerprint density at radius 2 is 1.95 bits per heavy atom. The summed E-state index contributed by atoms with van der Waals surface area (Å²) in [7, 11) is -3.38. The maximum atomic E-state index is 12.0. The summed E-state index contributed by atoms with van der Waals surface area (Å²) in [5, 5.41) is 3.00. The van der Waals surface area contributed by atoms with E-state index in [0.29, 0.717) is 12.5 Å². The molecule has 0 amide bonds. The quantitative estimate of drug-likeness (QED) is 0.538. The van der Waals surface area contributed by atoms with Crippen molar-refractivity contribution in [2.45, 2.75) is 50.2 Å². The molecule has 0 radical (unpaired) electrons. The van der Waals surface area contributed by atoms with Gasteiger partial charge in [0.05, 0.1) is 11.4 Å². The molecule has 0 saturated heterocycles. The third-order valence-electron chi connectivity index (χ3n) is 3.00. The van der Waals surface area contributed by atoms with Gasteiger partial charge in [-0.3, -0.25) is 0 Å².